The lowest BCUT2D eigenvalue weighted by Gasteiger charge is -2.29. The van der Waals surface area contributed by atoms with Crippen LogP contribution in [0.3, 0.4) is 0 Å². The maximum absolute atomic E-state index is 12.3. The monoisotopic (exact) mass is 386 g/mol. The van der Waals surface area contributed by atoms with E-state index in [2.05, 4.69) is 21.8 Å². The van der Waals surface area contributed by atoms with E-state index in [-0.39, 0.29) is 12.0 Å². The molecule has 0 saturated carbocycles. The molecule has 27 heavy (non-hydrogen) atoms. The van der Waals surface area contributed by atoms with Crippen molar-refractivity contribution in [3.05, 3.63) is 46.0 Å². The minimum atomic E-state index is -0.278. The average molecular weight is 386 g/mol. The molecule has 0 unspecified atom stereocenters. The van der Waals surface area contributed by atoms with E-state index >= 15 is 0 Å². The van der Waals surface area contributed by atoms with Crippen LogP contribution in [-0.2, 0) is 4.74 Å². The maximum atomic E-state index is 12.3. The van der Waals surface area contributed by atoms with Crippen molar-refractivity contribution >= 4 is 34.8 Å². The van der Waals surface area contributed by atoms with E-state index in [4.69, 9.17) is 4.74 Å². The predicted octanol–water partition coefficient (Wildman–Crippen LogP) is 3.73. The van der Waals surface area contributed by atoms with E-state index in [0.29, 0.717) is 36.0 Å². The molecule has 2 heterocycles. The highest BCUT2D eigenvalue weighted by molar-refractivity contribution is 7.08. The molecule has 0 spiro atoms. The summed E-state index contributed by atoms with van der Waals surface area (Å²) in [5.41, 5.74) is 4.74. The lowest BCUT2D eigenvalue weighted by atomic mass is 9.95. The van der Waals surface area contributed by atoms with Crippen molar-refractivity contribution in [2.45, 2.75) is 27.2 Å². The SMILES string of the molecule is CCOC(=O)N1CCC(C)=C(c2ccc(NC(=O)c3snnc3C)cc2)C1. The number of aromatic nitrogens is 2. The Labute approximate surface area is 162 Å². The zero-order valence-corrected chi connectivity index (χ0v) is 16.4. The minimum absolute atomic E-state index is 0.211. The topological polar surface area (TPSA) is 84.4 Å². The van der Waals surface area contributed by atoms with Crippen molar-refractivity contribution in [3.63, 3.8) is 0 Å². The van der Waals surface area contributed by atoms with Gasteiger partial charge in [0.05, 0.1) is 12.3 Å². The number of carbonyl (C=O) groups is 2. The van der Waals surface area contributed by atoms with Gasteiger partial charge in [0.1, 0.15) is 4.88 Å². The van der Waals surface area contributed by atoms with Gasteiger partial charge in [-0.25, -0.2) is 4.79 Å². The van der Waals surface area contributed by atoms with E-state index in [9.17, 15) is 9.59 Å². The summed E-state index contributed by atoms with van der Waals surface area (Å²) in [6, 6.07) is 7.64. The summed E-state index contributed by atoms with van der Waals surface area (Å²) in [4.78, 5) is 26.5. The molecule has 0 aliphatic carbocycles. The van der Waals surface area contributed by atoms with Crippen molar-refractivity contribution in [1.82, 2.24) is 14.5 Å². The van der Waals surface area contributed by atoms with Gasteiger partial charge in [0.25, 0.3) is 5.91 Å². The van der Waals surface area contributed by atoms with Crippen molar-refractivity contribution in [3.8, 4) is 0 Å². The minimum Gasteiger partial charge on any atom is -0.450 e. The standard InChI is InChI=1S/C19H22N4O3S/c1-4-26-19(25)23-10-9-12(2)16(11-23)14-5-7-15(8-6-14)20-18(24)17-13(3)21-22-27-17/h5-8H,4,9-11H2,1-3H3,(H,20,24). The largest absolute Gasteiger partial charge is 0.450 e. The van der Waals surface area contributed by atoms with E-state index in [1.807, 2.05) is 24.3 Å². The first-order chi connectivity index (χ1) is 13.0. The molecule has 7 nitrogen and oxygen atoms in total. The third-order valence-electron chi connectivity index (χ3n) is 4.50. The lowest BCUT2D eigenvalue weighted by molar-refractivity contribution is 0.102. The van der Waals surface area contributed by atoms with E-state index in [1.165, 1.54) is 5.57 Å². The Balaban J connectivity index is 1.71. The number of ether oxygens (including phenoxy) is 1. The van der Waals surface area contributed by atoms with E-state index < -0.39 is 0 Å². The van der Waals surface area contributed by atoms with Gasteiger partial charge in [-0.2, -0.15) is 0 Å². The molecular weight excluding hydrogens is 364 g/mol. The van der Waals surface area contributed by atoms with Gasteiger partial charge in [0.2, 0.25) is 0 Å². The Bertz CT molecular complexity index is 873. The van der Waals surface area contributed by atoms with Gasteiger partial charge in [-0.3, -0.25) is 4.79 Å². The summed E-state index contributed by atoms with van der Waals surface area (Å²) in [5, 5.41) is 6.72. The van der Waals surface area contributed by atoms with Gasteiger partial charge in [-0.1, -0.05) is 22.2 Å². The number of anilines is 1. The van der Waals surface area contributed by atoms with Gasteiger partial charge < -0.3 is 15.0 Å². The van der Waals surface area contributed by atoms with Crippen LogP contribution in [0.4, 0.5) is 10.5 Å². The number of aryl methyl sites for hydroxylation is 1. The summed E-state index contributed by atoms with van der Waals surface area (Å²) >= 11 is 1.08. The van der Waals surface area contributed by atoms with Gasteiger partial charge in [0, 0.05) is 18.8 Å². The van der Waals surface area contributed by atoms with Crippen LogP contribution in [0.5, 0.6) is 0 Å². The molecule has 8 heteroatoms. The predicted molar refractivity (Wildman–Crippen MR) is 105 cm³/mol. The molecule has 1 aromatic heterocycles. The molecule has 2 amide bonds. The fourth-order valence-electron chi connectivity index (χ4n) is 2.95. The number of nitrogens with zero attached hydrogens (tertiary/aromatic N) is 3. The molecule has 1 aliphatic rings. The number of rotatable bonds is 4. The third kappa shape index (κ3) is 4.33. The third-order valence-corrected chi connectivity index (χ3v) is 5.32. The van der Waals surface area contributed by atoms with Crippen LogP contribution >= 0.6 is 11.5 Å². The number of hydrogen-bond donors (Lipinski definition) is 1. The fraction of sp³-hybridized carbons (Fsp3) is 0.368. The summed E-state index contributed by atoms with van der Waals surface area (Å²) in [6.45, 7) is 7.23. The van der Waals surface area contributed by atoms with Gasteiger partial charge in [0.15, 0.2) is 0 Å². The van der Waals surface area contributed by atoms with Crippen LogP contribution in [0.25, 0.3) is 5.57 Å². The molecule has 1 aromatic carbocycles. The first-order valence-corrected chi connectivity index (χ1v) is 9.58. The van der Waals surface area contributed by atoms with Crippen LogP contribution in [0, 0.1) is 6.92 Å². The van der Waals surface area contributed by atoms with Crippen molar-refractivity contribution in [2.75, 3.05) is 25.0 Å². The molecule has 1 aliphatic heterocycles. The van der Waals surface area contributed by atoms with Crippen molar-refractivity contribution < 1.29 is 14.3 Å². The fourth-order valence-corrected chi connectivity index (χ4v) is 3.50. The Kier molecular flexibility index (Phi) is 5.85. The summed E-state index contributed by atoms with van der Waals surface area (Å²) in [7, 11) is 0. The van der Waals surface area contributed by atoms with Crippen molar-refractivity contribution in [2.24, 2.45) is 0 Å². The number of nitrogens with one attached hydrogen (secondary N) is 1. The smallest absolute Gasteiger partial charge is 0.410 e. The Morgan fingerprint density at radius 3 is 2.63 bits per heavy atom. The summed E-state index contributed by atoms with van der Waals surface area (Å²) in [5.74, 6) is -0.211. The molecule has 142 valence electrons. The number of carbonyl (C=O) groups excluding carboxylic acids is 2. The second-order valence-corrected chi connectivity index (χ2v) is 7.10. The second kappa shape index (κ2) is 8.30. The molecule has 0 bridgehead atoms. The number of benzene rings is 1. The Morgan fingerprint density at radius 2 is 2.00 bits per heavy atom. The number of hydrogen-bond acceptors (Lipinski definition) is 6. The number of amides is 2. The highest BCUT2D eigenvalue weighted by atomic mass is 32.1. The van der Waals surface area contributed by atoms with Gasteiger partial charge in [-0.05, 0) is 62.0 Å². The van der Waals surface area contributed by atoms with E-state index in [0.717, 1.165) is 29.1 Å². The van der Waals surface area contributed by atoms with Gasteiger partial charge in [-0.15, -0.1) is 5.10 Å². The van der Waals surface area contributed by atoms with Crippen molar-refractivity contribution in [1.29, 1.82) is 0 Å². The Hall–Kier alpha value is -2.74. The van der Waals surface area contributed by atoms with Crippen LogP contribution in [0.15, 0.2) is 29.8 Å². The molecule has 3 rings (SSSR count). The van der Waals surface area contributed by atoms with Crippen LogP contribution in [0.1, 0.15) is 41.2 Å². The molecule has 0 radical (unpaired) electrons. The molecule has 2 aromatic rings. The van der Waals surface area contributed by atoms with Crippen LogP contribution in [0.2, 0.25) is 0 Å². The van der Waals surface area contributed by atoms with Gasteiger partial charge >= 0.3 is 6.09 Å². The zero-order chi connectivity index (χ0) is 19.4. The first-order valence-electron chi connectivity index (χ1n) is 8.80. The highest BCUT2D eigenvalue weighted by Crippen LogP contribution is 2.28. The molecule has 0 saturated heterocycles. The normalized spacial score (nSPS) is 14.3. The average Bonchev–Trinajstić information content (AvgIpc) is 3.09. The summed E-state index contributed by atoms with van der Waals surface area (Å²) < 4.78 is 8.90. The second-order valence-electron chi connectivity index (χ2n) is 6.35. The lowest BCUT2D eigenvalue weighted by Crippen LogP contribution is -2.36. The van der Waals surface area contributed by atoms with E-state index in [1.54, 1.807) is 18.7 Å². The quantitative estimate of drug-likeness (QED) is 0.865. The van der Waals surface area contributed by atoms with Crippen LogP contribution < -0.4 is 5.32 Å². The van der Waals surface area contributed by atoms with Crippen LogP contribution in [-0.4, -0.2) is 46.2 Å². The first kappa shape index (κ1) is 19.0. The molecular formula is C19H22N4O3S. The molecule has 0 atom stereocenters. The molecule has 0 fully saturated rings. The Morgan fingerprint density at radius 1 is 1.26 bits per heavy atom. The zero-order valence-electron chi connectivity index (χ0n) is 15.6. The summed E-state index contributed by atoms with van der Waals surface area (Å²) in [6.07, 6.45) is 0.546. The molecule has 1 N–H and O–H groups in total. The highest BCUT2D eigenvalue weighted by Gasteiger charge is 2.22. The maximum Gasteiger partial charge on any atom is 0.410 e.